The molecular weight excluding hydrogens is 210 g/mol. The lowest BCUT2D eigenvalue weighted by atomic mass is 10.1. The van der Waals surface area contributed by atoms with Gasteiger partial charge in [0, 0.05) is 31.6 Å². The van der Waals surface area contributed by atoms with Gasteiger partial charge in [-0.2, -0.15) is 0 Å². The fourth-order valence-electron chi connectivity index (χ4n) is 2.27. The van der Waals surface area contributed by atoms with Crippen molar-refractivity contribution in [3.63, 3.8) is 0 Å². The molecule has 1 aromatic rings. The van der Waals surface area contributed by atoms with Crippen LogP contribution < -0.4 is 4.90 Å². The molecule has 0 N–H and O–H groups in total. The monoisotopic (exact) mass is 231 g/mol. The Labute approximate surface area is 104 Å². The highest BCUT2D eigenvalue weighted by Crippen LogP contribution is 2.19. The Hall–Kier alpha value is -1.31. The maximum Gasteiger partial charge on any atom is 0.136 e. The average Bonchev–Trinajstić information content (AvgIpc) is 2.38. The summed E-state index contributed by atoms with van der Waals surface area (Å²) in [6.07, 6.45) is 5.10. The number of hydrogen-bond acceptors (Lipinski definition) is 2. The number of unbranched alkanes of at least 4 members (excludes halogenated alkanes) is 1. The van der Waals surface area contributed by atoms with Gasteiger partial charge in [0.25, 0.3) is 0 Å². The van der Waals surface area contributed by atoms with E-state index in [1.54, 1.807) is 0 Å². The number of carbonyl (C=O) groups excluding carboxylic acids is 1. The molecule has 0 bridgehead atoms. The molecule has 1 aliphatic rings. The summed E-state index contributed by atoms with van der Waals surface area (Å²) in [5.74, 6) is 0.404. The Morgan fingerprint density at radius 2 is 1.76 bits per heavy atom. The molecule has 0 amide bonds. The summed E-state index contributed by atoms with van der Waals surface area (Å²) >= 11 is 0. The Morgan fingerprint density at radius 3 is 2.35 bits per heavy atom. The van der Waals surface area contributed by atoms with Crippen LogP contribution in [0.25, 0.3) is 0 Å². The van der Waals surface area contributed by atoms with Gasteiger partial charge in [0.2, 0.25) is 0 Å². The van der Waals surface area contributed by atoms with Crippen molar-refractivity contribution in [1.29, 1.82) is 0 Å². The highest BCUT2D eigenvalue weighted by Gasteiger charge is 2.15. The summed E-state index contributed by atoms with van der Waals surface area (Å²) in [7, 11) is 0. The first-order valence-corrected chi connectivity index (χ1v) is 6.65. The number of benzene rings is 1. The number of Topliss-reactive ketones (excluding diaryl/α,β-unsaturated/α-hetero) is 1. The van der Waals surface area contributed by atoms with Crippen LogP contribution in [0.2, 0.25) is 0 Å². The van der Waals surface area contributed by atoms with Crippen LogP contribution in [-0.4, -0.2) is 18.9 Å². The number of rotatable bonds is 4. The van der Waals surface area contributed by atoms with Crippen LogP contribution in [0.3, 0.4) is 0 Å². The number of nitrogens with zero attached hydrogens (tertiary/aromatic N) is 1. The quantitative estimate of drug-likeness (QED) is 0.793. The lowest BCUT2D eigenvalue weighted by Crippen LogP contribution is -2.33. The molecule has 17 heavy (non-hydrogen) atoms. The highest BCUT2D eigenvalue weighted by molar-refractivity contribution is 5.81. The van der Waals surface area contributed by atoms with Crippen molar-refractivity contribution in [1.82, 2.24) is 0 Å². The molecule has 1 saturated heterocycles. The van der Waals surface area contributed by atoms with Crippen molar-refractivity contribution in [3.8, 4) is 0 Å². The van der Waals surface area contributed by atoms with Gasteiger partial charge in [0.1, 0.15) is 5.78 Å². The largest absolute Gasteiger partial charge is 0.371 e. The first-order chi connectivity index (χ1) is 8.29. The van der Waals surface area contributed by atoms with Crippen LogP contribution in [0.1, 0.15) is 38.2 Å². The fourth-order valence-corrected chi connectivity index (χ4v) is 2.27. The van der Waals surface area contributed by atoms with Crippen molar-refractivity contribution in [2.75, 3.05) is 18.0 Å². The molecule has 0 atom stereocenters. The minimum absolute atomic E-state index is 0.404. The lowest BCUT2D eigenvalue weighted by Gasteiger charge is -2.28. The summed E-state index contributed by atoms with van der Waals surface area (Å²) < 4.78 is 0. The normalized spacial score (nSPS) is 16.3. The molecule has 0 radical (unpaired) electrons. The number of aryl methyl sites for hydroxylation is 1. The lowest BCUT2D eigenvalue weighted by molar-refractivity contribution is -0.119. The third kappa shape index (κ3) is 3.32. The molecule has 0 saturated carbocycles. The third-order valence-electron chi connectivity index (χ3n) is 3.44. The van der Waals surface area contributed by atoms with E-state index >= 15 is 0 Å². The van der Waals surface area contributed by atoms with Gasteiger partial charge in [-0.15, -0.1) is 0 Å². The van der Waals surface area contributed by atoms with Crippen molar-refractivity contribution in [2.24, 2.45) is 0 Å². The molecule has 2 rings (SSSR count). The van der Waals surface area contributed by atoms with Crippen molar-refractivity contribution < 1.29 is 4.79 Å². The predicted molar refractivity (Wildman–Crippen MR) is 71.5 cm³/mol. The van der Waals surface area contributed by atoms with E-state index in [2.05, 4.69) is 36.1 Å². The Bertz CT molecular complexity index is 359. The molecule has 1 heterocycles. The van der Waals surface area contributed by atoms with E-state index in [9.17, 15) is 4.79 Å². The summed E-state index contributed by atoms with van der Waals surface area (Å²) in [5.41, 5.74) is 2.68. The third-order valence-corrected chi connectivity index (χ3v) is 3.44. The van der Waals surface area contributed by atoms with E-state index in [4.69, 9.17) is 0 Å². The second-order valence-electron chi connectivity index (χ2n) is 4.80. The Kier molecular flexibility index (Phi) is 4.18. The zero-order valence-corrected chi connectivity index (χ0v) is 10.6. The molecule has 0 aliphatic carbocycles. The summed E-state index contributed by atoms with van der Waals surface area (Å²) in [4.78, 5) is 13.5. The molecule has 1 fully saturated rings. The van der Waals surface area contributed by atoms with Crippen LogP contribution in [0.5, 0.6) is 0 Å². The summed E-state index contributed by atoms with van der Waals surface area (Å²) in [5, 5.41) is 0. The van der Waals surface area contributed by atoms with Crippen LogP contribution >= 0.6 is 0 Å². The van der Waals surface area contributed by atoms with Crippen LogP contribution in [0.15, 0.2) is 24.3 Å². The van der Waals surface area contributed by atoms with Gasteiger partial charge in [-0.1, -0.05) is 25.5 Å². The van der Waals surface area contributed by atoms with Crippen molar-refractivity contribution in [2.45, 2.75) is 39.0 Å². The van der Waals surface area contributed by atoms with Gasteiger partial charge in [-0.3, -0.25) is 4.79 Å². The maximum atomic E-state index is 11.2. The minimum Gasteiger partial charge on any atom is -0.371 e. The number of carbonyl (C=O) groups is 1. The minimum atomic E-state index is 0.404. The van der Waals surface area contributed by atoms with E-state index in [0.717, 1.165) is 13.1 Å². The number of piperidine rings is 1. The molecule has 0 unspecified atom stereocenters. The van der Waals surface area contributed by atoms with E-state index < -0.39 is 0 Å². The first-order valence-electron chi connectivity index (χ1n) is 6.65. The molecule has 2 heteroatoms. The van der Waals surface area contributed by atoms with E-state index in [1.165, 1.54) is 30.5 Å². The van der Waals surface area contributed by atoms with Gasteiger partial charge < -0.3 is 4.90 Å². The number of hydrogen-bond donors (Lipinski definition) is 0. The van der Waals surface area contributed by atoms with Gasteiger partial charge in [-0.05, 0) is 30.5 Å². The molecule has 0 spiro atoms. The zero-order valence-electron chi connectivity index (χ0n) is 10.6. The average molecular weight is 231 g/mol. The number of anilines is 1. The van der Waals surface area contributed by atoms with Crippen molar-refractivity contribution >= 4 is 11.5 Å². The van der Waals surface area contributed by atoms with Gasteiger partial charge in [-0.25, -0.2) is 0 Å². The first kappa shape index (κ1) is 12.2. The molecule has 1 aromatic carbocycles. The highest BCUT2D eigenvalue weighted by atomic mass is 16.1. The van der Waals surface area contributed by atoms with Crippen LogP contribution in [0.4, 0.5) is 5.69 Å². The van der Waals surface area contributed by atoms with Gasteiger partial charge >= 0.3 is 0 Å². The second kappa shape index (κ2) is 5.85. The standard InChI is InChI=1S/C15H21NO/c1-2-3-4-13-5-7-14(8-6-13)16-11-9-15(17)10-12-16/h5-8H,2-4,9-12H2,1H3. The summed E-state index contributed by atoms with van der Waals surface area (Å²) in [6, 6.07) is 8.84. The van der Waals surface area contributed by atoms with E-state index in [0.29, 0.717) is 18.6 Å². The Morgan fingerprint density at radius 1 is 1.12 bits per heavy atom. The van der Waals surface area contributed by atoms with Gasteiger partial charge in [0.05, 0.1) is 0 Å². The summed E-state index contributed by atoms with van der Waals surface area (Å²) in [6.45, 7) is 3.99. The van der Waals surface area contributed by atoms with E-state index in [1.807, 2.05) is 0 Å². The Balaban J connectivity index is 1.95. The van der Waals surface area contributed by atoms with E-state index in [-0.39, 0.29) is 0 Å². The molecule has 92 valence electrons. The molecular formula is C15H21NO. The van der Waals surface area contributed by atoms with Crippen LogP contribution in [0, 0.1) is 0 Å². The fraction of sp³-hybridized carbons (Fsp3) is 0.533. The van der Waals surface area contributed by atoms with Gasteiger partial charge in [0.15, 0.2) is 0 Å². The zero-order chi connectivity index (χ0) is 12.1. The SMILES string of the molecule is CCCCc1ccc(N2CCC(=O)CC2)cc1. The topological polar surface area (TPSA) is 20.3 Å². The second-order valence-corrected chi connectivity index (χ2v) is 4.80. The smallest absolute Gasteiger partial charge is 0.136 e. The molecule has 2 nitrogen and oxygen atoms in total. The van der Waals surface area contributed by atoms with Crippen LogP contribution in [-0.2, 0) is 11.2 Å². The molecule has 0 aromatic heterocycles. The predicted octanol–water partition coefficient (Wildman–Crippen LogP) is 3.20. The molecule has 1 aliphatic heterocycles. The number of ketones is 1. The maximum absolute atomic E-state index is 11.2. The van der Waals surface area contributed by atoms with Crippen molar-refractivity contribution in [3.05, 3.63) is 29.8 Å².